The second-order valence-corrected chi connectivity index (χ2v) is 6.71. The molecule has 0 aliphatic heterocycles. The minimum atomic E-state index is -0.0234. The molecular weight excluding hydrogens is 374 g/mol. The lowest BCUT2D eigenvalue weighted by Gasteiger charge is -2.08. The number of halogens is 1. The van der Waals surface area contributed by atoms with E-state index in [-0.39, 0.29) is 5.78 Å². The molecule has 1 aromatic heterocycles. The van der Waals surface area contributed by atoms with Gasteiger partial charge in [0.15, 0.2) is 5.78 Å². The third kappa shape index (κ3) is 3.11. The van der Waals surface area contributed by atoms with Crippen molar-refractivity contribution in [3.63, 3.8) is 0 Å². The van der Waals surface area contributed by atoms with E-state index in [4.69, 9.17) is 0 Å². The van der Waals surface area contributed by atoms with Gasteiger partial charge in [-0.2, -0.15) is 0 Å². The summed E-state index contributed by atoms with van der Waals surface area (Å²) in [5, 5.41) is 0.983. The van der Waals surface area contributed by atoms with Gasteiger partial charge in [-0.05, 0) is 47.5 Å². The summed E-state index contributed by atoms with van der Waals surface area (Å²) in [6, 6.07) is 25.5. The van der Waals surface area contributed by atoms with Gasteiger partial charge >= 0.3 is 0 Å². The summed E-state index contributed by atoms with van der Waals surface area (Å²) >= 11 is 3.40. The van der Waals surface area contributed by atoms with Crippen LogP contribution in [0, 0.1) is 0 Å². The second kappa shape index (κ2) is 6.61. The van der Waals surface area contributed by atoms with E-state index in [1.807, 2.05) is 60.7 Å². The van der Waals surface area contributed by atoms with Crippen LogP contribution in [0.4, 0.5) is 0 Å². The maximum atomic E-state index is 12.8. The molecule has 4 rings (SSSR count). The SMILES string of the molecule is O=C(c1ccc(Br)cc1)c1cnc2cccc(-c3ccccc3)c2c1. The predicted octanol–water partition coefficient (Wildman–Crippen LogP) is 5.90. The molecule has 0 amide bonds. The summed E-state index contributed by atoms with van der Waals surface area (Å²) in [6.45, 7) is 0. The highest BCUT2D eigenvalue weighted by Gasteiger charge is 2.12. The number of hydrogen-bond donors (Lipinski definition) is 0. The fraction of sp³-hybridized carbons (Fsp3) is 0. The van der Waals surface area contributed by atoms with E-state index in [2.05, 4.69) is 39.1 Å². The summed E-state index contributed by atoms with van der Waals surface area (Å²) in [4.78, 5) is 17.3. The molecule has 0 aliphatic carbocycles. The summed E-state index contributed by atoms with van der Waals surface area (Å²) in [5.74, 6) is -0.0234. The number of pyridine rings is 1. The molecule has 0 saturated carbocycles. The van der Waals surface area contributed by atoms with Gasteiger partial charge in [-0.3, -0.25) is 9.78 Å². The highest BCUT2D eigenvalue weighted by atomic mass is 79.9. The Morgan fingerprint density at radius 2 is 1.56 bits per heavy atom. The van der Waals surface area contributed by atoms with Crippen LogP contribution in [0.25, 0.3) is 22.0 Å². The van der Waals surface area contributed by atoms with Gasteiger partial charge in [0, 0.05) is 27.2 Å². The number of hydrogen-bond acceptors (Lipinski definition) is 2. The third-order valence-corrected chi connectivity index (χ3v) is 4.71. The molecule has 0 spiro atoms. The molecule has 0 atom stereocenters. The van der Waals surface area contributed by atoms with Crippen LogP contribution in [0.2, 0.25) is 0 Å². The number of fused-ring (bicyclic) bond motifs is 1. The van der Waals surface area contributed by atoms with Crippen LogP contribution >= 0.6 is 15.9 Å². The first-order valence-corrected chi connectivity index (χ1v) is 8.76. The largest absolute Gasteiger partial charge is 0.289 e. The first-order valence-electron chi connectivity index (χ1n) is 7.97. The van der Waals surface area contributed by atoms with Gasteiger partial charge in [0.1, 0.15) is 0 Å². The average molecular weight is 388 g/mol. The zero-order chi connectivity index (χ0) is 17.2. The summed E-state index contributed by atoms with van der Waals surface area (Å²) in [5.41, 5.74) is 4.33. The molecule has 25 heavy (non-hydrogen) atoms. The van der Waals surface area contributed by atoms with Crippen molar-refractivity contribution in [3.8, 4) is 11.1 Å². The molecule has 3 aromatic carbocycles. The lowest BCUT2D eigenvalue weighted by Crippen LogP contribution is -2.02. The number of ketones is 1. The molecule has 0 radical (unpaired) electrons. The predicted molar refractivity (Wildman–Crippen MR) is 105 cm³/mol. The number of benzene rings is 3. The monoisotopic (exact) mass is 387 g/mol. The average Bonchev–Trinajstić information content (AvgIpc) is 2.68. The quantitative estimate of drug-likeness (QED) is 0.409. The Labute approximate surface area is 154 Å². The number of carbonyl (C=O) groups is 1. The Morgan fingerprint density at radius 1 is 0.800 bits per heavy atom. The van der Waals surface area contributed by atoms with Gasteiger partial charge in [-0.1, -0.05) is 58.4 Å². The van der Waals surface area contributed by atoms with Crippen molar-refractivity contribution < 1.29 is 4.79 Å². The standard InChI is InChI=1S/C22H14BrNO/c23-18-11-9-16(10-12-18)22(25)17-13-20-19(15-5-2-1-3-6-15)7-4-8-21(20)24-14-17/h1-14H. The van der Waals surface area contributed by atoms with Gasteiger partial charge in [0.25, 0.3) is 0 Å². The van der Waals surface area contributed by atoms with Gasteiger partial charge < -0.3 is 0 Å². The summed E-state index contributed by atoms with van der Waals surface area (Å²) < 4.78 is 0.951. The molecule has 1 heterocycles. The summed E-state index contributed by atoms with van der Waals surface area (Å²) in [6.07, 6.45) is 1.65. The van der Waals surface area contributed by atoms with Crippen molar-refractivity contribution in [1.29, 1.82) is 0 Å². The molecule has 2 nitrogen and oxygen atoms in total. The van der Waals surface area contributed by atoms with Crippen molar-refractivity contribution in [1.82, 2.24) is 4.98 Å². The van der Waals surface area contributed by atoms with E-state index in [1.54, 1.807) is 6.20 Å². The highest BCUT2D eigenvalue weighted by Crippen LogP contribution is 2.28. The van der Waals surface area contributed by atoms with E-state index in [1.165, 1.54) is 0 Å². The Kier molecular flexibility index (Phi) is 4.16. The van der Waals surface area contributed by atoms with Crippen LogP contribution in [0.3, 0.4) is 0 Å². The van der Waals surface area contributed by atoms with Gasteiger partial charge in [-0.15, -0.1) is 0 Å². The fourth-order valence-corrected chi connectivity index (χ4v) is 3.18. The van der Waals surface area contributed by atoms with E-state index in [9.17, 15) is 4.79 Å². The lowest BCUT2D eigenvalue weighted by molar-refractivity contribution is 0.103. The Bertz CT molecular complexity index is 1060. The fourth-order valence-electron chi connectivity index (χ4n) is 2.91. The number of aromatic nitrogens is 1. The number of rotatable bonds is 3. The lowest BCUT2D eigenvalue weighted by atomic mass is 9.97. The van der Waals surface area contributed by atoms with Crippen molar-refractivity contribution >= 4 is 32.6 Å². The first kappa shape index (κ1) is 15.7. The van der Waals surface area contributed by atoms with Crippen molar-refractivity contribution in [2.75, 3.05) is 0 Å². The van der Waals surface area contributed by atoms with E-state index >= 15 is 0 Å². The Morgan fingerprint density at radius 3 is 2.32 bits per heavy atom. The zero-order valence-electron chi connectivity index (χ0n) is 13.3. The van der Waals surface area contributed by atoms with Crippen LogP contribution in [0.5, 0.6) is 0 Å². The molecule has 0 unspecified atom stereocenters. The number of nitrogens with zero attached hydrogens (tertiary/aromatic N) is 1. The topological polar surface area (TPSA) is 30.0 Å². The van der Waals surface area contributed by atoms with E-state index in [0.29, 0.717) is 11.1 Å². The first-order chi connectivity index (χ1) is 12.2. The minimum absolute atomic E-state index is 0.0234. The van der Waals surface area contributed by atoms with Crippen LogP contribution in [-0.4, -0.2) is 10.8 Å². The maximum Gasteiger partial charge on any atom is 0.194 e. The van der Waals surface area contributed by atoms with Gasteiger partial charge in [-0.25, -0.2) is 0 Å². The third-order valence-electron chi connectivity index (χ3n) is 4.18. The zero-order valence-corrected chi connectivity index (χ0v) is 14.9. The second-order valence-electron chi connectivity index (χ2n) is 5.80. The van der Waals surface area contributed by atoms with Crippen LogP contribution in [0.1, 0.15) is 15.9 Å². The smallest absolute Gasteiger partial charge is 0.194 e. The molecule has 3 heteroatoms. The molecule has 0 fully saturated rings. The summed E-state index contributed by atoms with van der Waals surface area (Å²) in [7, 11) is 0. The van der Waals surface area contributed by atoms with E-state index in [0.717, 1.165) is 26.5 Å². The normalized spacial score (nSPS) is 10.8. The molecule has 0 saturated heterocycles. The van der Waals surface area contributed by atoms with Crippen molar-refractivity contribution in [3.05, 3.63) is 101 Å². The van der Waals surface area contributed by atoms with E-state index < -0.39 is 0 Å². The highest BCUT2D eigenvalue weighted by molar-refractivity contribution is 9.10. The van der Waals surface area contributed by atoms with Crippen LogP contribution in [-0.2, 0) is 0 Å². The number of carbonyl (C=O) groups excluding carboxylic acids is 1. The van der Waals surface area contributed by atoms with Gasteiger partial charge in [0.05, 0.1) is 5.52 Å². The minimum Gasteiger partial charge on any atom is -0.289 e. The van der Waals surface area contributed by atoms with Crippen molar-refractivity contribution in [2.24, 2.45) is 0 Å². The molecule has 0 bridgehead atoms. The molecular formula is C22H14BrNO. The molecule has 120 valence electrons. The van der Waals surface area contributed by atoms with Crippen molar-refractivity contribution in [2.45, 2.75) is 0 Å². The Hall–Kier alpha value is -2.78. The molecule has 0 N–H and O–H groups in total. The Balaban J connectivity index is 1.84. The molecule has 0 aliphatic rings. The molecule has 4 aromatic rings. The van der Waals surface area contributed by atoms with Gasteiger partial charge in [0.2, 0.25) is 0 Å². The van der Waals surface area contributed by atoms with Crippen LogP contribution < -0.4 is 0 Å². The maximum absolute atomic E-state index is 12.8. The van der Waals surface area contributed by atoms with Crippen LogP contribution in [0.15, 0.2) is 89.5 Å².